The number of aliphatic hydroxyl groups is 5. The van der Waals surface area contributed by atoms with Gasteiger partial charge in [0.25, 0.3) is 0 Å². The van der Waals surface area contributed by atoms with Gasteiger partial charge < -0.3 is 44.5 Å². The number of hydrogen-bond donors (Lipinski definition) is 6. The van der Waals surface area contributed by atoms with E-state index in [-0.39, 0.29) is 6.61 Å². The molecule has 6 N–H and O–H groups in total. The van der Waals surface area contributed by atoms with Crippen LogP contribution in [-0.2, 0) is 33.5 Å². The number of fused-ring (bicyclic) bond motifs is 2. The maximum Gasteiger partial charge on any atom is 0.397 e. The Morgan fingerprint density at radius 2 is 1.69 bits per heavy atom. The third-order valence-corrected chi connectivity index (χ3v) is 4.90. The molecule has 3 heterocycles. The highest BCUT2D eigenvalue weighted by atomic mass is 32.3. The largest absolute Gasteiger partial charge is 0.397 e. The van der Waals surface area contributed by atoms with Gasteiger partial charge in [0, 0.05) is 0 Å². The first-order valence-electron chi connectivity index (χ1n) is 7.69. The van der Waals surface area contributed by atoms with Crippen molar-refractivity contribution in [2.24, 2.45) is 0 Å². The predicted octanol–water partition coefficient (Wildman–Crippen LogP) is -4.52. The van der Waals surface area contributed by atoms with Crippen LogP contribution in [0.2, 0.25) is 0 Å². The molecule has 2 bridgehead atoms. The van der Waals surface area contributed by atoms with Crippen LogP contribution < -0.4 is 0 Å². The van der Waals surface area contributed by atoms with Gasteiger partial charge in [-0.05, 0) is 0 Å². The summed E-state index contributed by atoms with van der Waals surface area (Å²) in [6.07, 6.45) is -14.2. The minimum Gasteiger partial charge on any atom is -0.394 e. The Morgan fingerprint density at radius 3 is 2.31 bits per heavy atom. The molecule has 0 spiro atoms. The van der Waals surface area contributed by atoms with Crippen molar-refractivity contribution >= 4 is 10.4 Å². The van der Waals surface area contributed by atoms with E-state index in [4.69, 9.17) is 23.5 Å². The molecule has 3 saturated heterocycles. The smallest absolute Gasteiger partial charge is 0.394 e. The van der Waals surface area contributed by atoms with Crippen molar-refractivity contribution in [2.45, 2.75) is 61.4 Å². The normalized spacial score (nSPS) is 49.3. The minimum atomic E-state index is -4.99. The lowest BCUT2D eigenvalue weighted by molar-refractivity contribution is -0.334. The van der Waals surface area contributed by atoms with Crippen LogP contribution in [0.4, 0.5) is 0 Å². The third-order valence-electron chi connectivity index (χ3n) is 4.43. The van der Waals surface area contributed by atoms with Crippen LogP contribution in [0.15, 0.2) is 0 Å². The van der Waals surface area contributed by atoms with Crippen molar-refractivity contribution in [3.8, 4) is 0 Å². The van der Waals surface area contributed by atoms with E-state index in [0.717, 1.165) is 0 Å². The van der Waals surface area contributed by atoms with E-state index >= 15 is 0 Å². The molecule has 0 aromatic rings. The maximum atomic E-state index is 10.9. The molecule has 0 aromatic heterocycles. The second-order valence-corrected chi connectivity index (χ2v) is 7.20. The molecule has 0 aliphatic carbocycles. The molecule has 4 unspecified atom stereocenters. The number of hydrogen-bond acceptors (Lipinski definition) is 12. The zero-order chi connectivity index (χ0) is 19.2. The summed E-state index contributed by atoms with van der Waals surface area (Å²) < 4.78 is 55.8. The standard InChI is InChI=1S/C12H20O13S/c13-1-3-8(25-26(18,19)20)5(14)6(15)12(23-3)24-9-4-2-21-10(9)7(16)11(17)22-4/h3-17H,1-2H2,(H,18,19,20)/t3?,4?,5-,6?,7?,8+,9+,10+,11+,12+/m1/s1. The minimum absolute atomic E-state index is 0.00720. The zero-order valence-electron chi connectivity index (χ0n) is 13.1. The molecule has 3 aliphatic heterocycles. The summed E-state index contributed by atoms with van der Waals surface area (Å²) >= 11 is 0. The van der Waals surface area contributed by atoms with E-state index in [1.165, 1.54) is 0 Å². The van der Waals surface area contributed by atoms with E-state index in [2.05, 4.69) is 4.18 Å². The van der Waals surface area contributed by atoms with Crippen LogP contribution >= 0.6 is 0 Å². The summed E-state index contributed by atoms with van der Waals surface area (Å²) in [7, 11) is -4.99. The monoisotopic (exact) mass is 404 g/mol. The number of rotatable bonds is 5. The SMILES string of the molecule is O=S(=O)(O)O[C@H]1C(CO)O[C@@H](O[C@H]2C3CO[C@H]2C(O)[C@@H](O)O3)C(O)[C@H]1O. The van der Waals surface area contributed by atoms with Gasteiger partial charge in [0.1, 0.15) is 48.8 Å². The average molecular weight is 404 g/mol. The number of aliphatic hydroxyl groups excluding tert-OH is 5. The second-order valence-electron chi connectivity index (χ2n) is 6.15. The highest BCUT2D eigenvalue weighted by Crippen LogP contribution is 2.34. The third kappa shape index (κ3) is 3.87. The lowest BCUT2D eigenvalue weighted by Crippen LogP contribution is -2.63. The van der Waals surface area contributed by atoms with Crippen LogP contribution in [-0.4, -0.2) is 113 Å². The molecule has 10 atom stereocenters. The lowest BCUT2D eigenvalue weighted by atomic mass is 9.98. The molecule has 3 fully saturated rings. The Labute approximate surface area is 147 Å². The fraction of sp³-hybridized carbons (Fsp3) is 1.00. The topological polar surface area (TPSA) is 202 Å². The van der Waals surface area contributed by atoms with Gasteiger partial charge in [-0.1, -0.05) is 0 Å². The molecule has 26 heavy (non-hydrogen) atoms. The molecular formula is C12H20O13S. The second kappa shape index (κ2) is 7.50. The summed E-state index contributed by atoms with van der Waals surface area (Å²) in [5.74, 6) is 0. The fourth-order valence-electron chi connectivity index (χ4n) is 3.18. The summed E-state index contributed by atoms with van der Waals surface area (Å²) in [5.41, 5.74) is 0. The first-order chi connectivity index (χ1) is 12.1. The summed E-state index contributed by atoms with van der Waals surface area (Å²) in [6, 6.07) is 0. The van der Waals surface area contributed by atoms with Crippen LogP contribution in [0.1, 0.15) is 0 Å². The fourth-order valence-corrected chi connectivity index (χ4v) is 3.70. The highest BCUT2D eigenvalue weighted by molar-refractivity contribution is 7.80. The van der Waals surface area contributed by atoms with E-state index < -0.39 is 78.4 Å². The van der Waals surface area contributed by atoms with E-state index in [9.17, 15) is 34.0 Å². The molecular weight excluding hydrogens is 384 g/mol. The molecule has 13 nitrogen and oxygen atoms in total. The lowest BCUT2D eigenvalue weighted by Gasteiger charge is -2.43. The molecule has 152 valence electrons. The Kier molecular flexibility index (Phi) is 5.84. The van der Waals surface area contributed by atoms with Crippen LogP contribution in [0.3, 0.4) is 0 Å². The Morgan fingerprint density at radius 1 is 1.00 bits per heavy atom. The van der Waals surface area contributed by atoms with E-state index in [1.807, 2.05) is 0 Å². The Balaban J connectivity index is 1.72. The van der Waals surface area contributed by atoms with Gasteiger partial charge in [0.05, 0.1) is 13.2 Å². The van der Waals surface area contributed by atoms with Gasteiger partial charge in [0.15, 0.2) is 12.6 Å². The van der Waals surface area contributed by atoms with Crippen molar-refractivity contribution in [1.82, 2.24) is 0 Å². The molecule has 0 saturated carbocycles. The van der Waals surface area contributed by atoms with Gasteiger partial charge in [0.2, 0.25) is 0 Å². The van der Waals surface area contributed by atoms with Gasteiger partial charge in [-0.25, -0.2) is 4.18 Å². The molecule has 14 heteroatoms. The summed E-state index contributed by atoms with van der Waals surface area (Å²) in [6.45, 7) is -0.831. The van der Waals surface area contributed by atoms with Gasteiger partial charge in [-0.3, -0.25) is 4.55 Å². The maximum absolute atomic E-state index is 10.9. The molecule has 3 rings (SSSR count). The Bertz CT molecular complexity index is 596. The van der Waals surface area contributed by atoms with Crippen molar-refractivity contribution in [2.75, 3.05) is 13.2 Å². The van der Waals surface area contributed by atoms with Gasteiger partial charge in [-0.2, -0.15) is 8.42 Å². The zero-order valence-corrected chi connectivity index (χ0v) is 14.0. The quantitative estimate of drug-likeness (QED) is 0.239. The van der Waals surface area contributed by atoms with Crippen molar-refractivity contribution in [1.29, 1.82) is 0 Å². The Hall–Kier alpha value is -0.490. The van der Waals surface area contributed by atoms with Crippen molar-refractivity contribution < 1.29 is 61.6 Å². The van der Waals surface area contributed by atoms with Crippen molar-refractivity contribution in [3.63, 3.8) is 0 Å². The van der Waals surface area contributed by atoms with Crippen LogP contribution in [0.25, 0.3) is 0 Å². The predicted molar refractivity (Wildman–Crippen MR) is 75.7 cm³/mol. The van der Waals surface area contributed by atoms with E-state index in [0.29, 0.717) is 0 Å². The molecule has 0 aromatic carbocycles. The average Bonchev–Trinajstić information content (AvgIpc) is 2.87. The molecule has 3 aliphatic rings. The summed E-state index contributed by atoms with van der Waals surface area (Å²) in [5, 5.41) is 48.9. The van der Waals surface area contributed by atoms with Crippen molar-refractivity contribution in [3.05, 3.63) is 0 Å². The first-order valence-corrected chi connectivity index (χ1v) is 9.05. The van der Waals surface area contributed by atoms with Gasteiger partial charge in [-0.15, -0.1) is 0 Å². The molecule has 0 radical (unpaired) electrons. The highest BCUT2D eigenvalue weighted by Gasteiger charge is 2.55. The summed E-state index contributed by atoms with van der Waals surface area (Å²) in [4.78, 5) is 0. The molecule has 0 amide bonds. The van der Waals surface area contributed by atoms with Gasteiger partial charge >= 0.3 is 10.4 Å². The van der Waals surface area contributed by atoms with Crippen LogP contribution in [0.5, 0.6) is 0 Å². The van der Waals surface area contributed by atoms with E-state index in [1.54, 1.807) is 0 Å². The first kappa shape index (κ1) is 20.2. The number of ether oxygens (including phenoxy) is 4. The van der Waals surface area contributed by atoms with Crippen LogP contribution in [0, 0.1) is 0 Å².